The lowest BCUT2D eigenvalue weighted by Gasteiger charge is -2.24. The summed E-state index contributed by atoms with van der Waals surface area (Å²) in [5, 5.41) is 11.6. The van der Waals surface area contributed by atoms with E-state index in [2.05, 4.69) is 4.74 Å². The zero-order chi connectivity index (χ0) is 16.8. The summed E-state index contributed by atoms with van der Waals surface area (Å²) >= 11 is 0. The molecule has 0 bridgehead atoms. The molecule has 1 rings (SSSR count). The predicted octanol–water partition coefficient (Wildman–Crippen LogP) is 0.732. The number of nitrogens with one attached hydrogen (secondary N) is 1. The van der Waals surface area contributed by atoms with Crippen LogP contribution in [-0.2, 0) is 16.0 Å². The van der Waals surface area contributed by atoms with E-state index in [1.165, 1.54) is 0 Å². The lowest BCUT2D eigenvalue weighted by atomic mass is 10.0. The smallest absolute Gasteiger partial charge is 0.447 e. The molecule has 2 amide bonds. The van der Waals surface area contributed by atoms with E-state index < -0.39 is 36.9 Å². The van der Waals surface area contributed by atoms with Crippen molar-refractivity contribution in [3.8, 4) is 0 Å². The number of benzene rings is 1. The lowest BCUT2D eigenvalue weighted by molar-refractivity contribution is -0.175. The Bertz CT molecular complexity index is 508. The normalized spacial score (nSPS) is 14.0. The van der Waals surface area contributed by atoms with Gasteiger partial charge in [-0.2, -0.15) is 13.2 Å². The number of carbonyl (C=O) groups excluding carboxylic acids is 2. The van der Waals surface area contributed by atoms with E-state index in [0.717, 1.165) is 0 Å². The summed E-state index contributed by atoms with van der Waals surface area (Å²) < 4.78 is 41.2. The largest absolute Gasteiger partial charge is 0.471 e. The van der Waals surface area contributed by atoms with Crippen molar-refractivity contribution in [3.05, 3.63) is 35.9 Å². The first kappa shape index (κ1) is 17.8. The number of hydrogen-bond acceptors (Lipinski definition) is 4. The highest BCUT2D eigenvalue weighted by molar-refractivity contribution is 5.82. The maximum absolute atomic E-state index is 12.3. The zero-order valence-corrected chi connectivity index (χ0v) is 11.3. The van der Waals surface area contributed by atoms with E-state index in [1.807, 2.05) is 0 Å². The number of halogens is 3. The zero-order valence-electron chi connectivity index (χ0n) is 11.3. The maximum Gasteiger partial charge on any atom is 0.471 e. The van der Waals surface area contributed by atoms with Crippen molar-refractivity contribution in [1.82, 2.24) is 5.32 Å². The van der Waals surface area contributed by atoms with Crippen molar-refractivity contribution in [3.63, 3.8) is 0 Å². The number of ether oxygens (including phenoxy) is 1. The second-order valence-electron chi connectivity index (χ2n) is 4.46. The van der Waals surface area contributed by atoms with Gasteiger partial charge >= 0.3 is 18.2 Å². The SMILES string of the molecule is NC(=O)OCC(NC(=O)C(F)(F)F)C(O)Cc1ccccc1. The van der Waals surface area contributed by atoms with Crippen molar-refractivity contribution in [1.29, 1.82) is 0 Å². The lowest BCUT2D eigenvalue weighted by Crippen LogP contribution is -2.51. The molecule has 0 aromatic heterocycles. The van der Waals surface area contributed by atoms with Crippen LogP contribution in [0.3, 0.4) is 0 Å². The molecule has 122 valence electrons. The average Bonchev–Trinajstić information content (AvgIpc) is 2.42. The molecule has 0 heterocycles. The van der Waals surface area contributed by atoms with Gasteiger partial charge in [-0.05, 0) is 5.56 Å². The van der Waals surface area contributed by atoms with E-state index in [9.17, 15) is 27.9 Å². The molecule has 0 fully saturated rings. The number of amides is 2. The van der Waals surface area contributed by atoms with Crippen LogP contribution in [0.1, 0.15) is 5.56 Å². The molecule has 6 nitrogen and oxygen atoms in total. The van der Waals surface area contributed by atoms with Gasteiger partial charge in [0.15, 0.2) is 0 Å². The number of carbonyl (C=O) groups is 2. The number of aliphatic hydroxyl groups excluding tert-OH is 1. The Hall–Kier alpha value is -2.29. The quantitative estimate of drug-likeness (QED) is 0.719. The summed E-state index contributed by atoms with van der Waals surface area (Å²) in [5.74, 6) is -2.24. The van der Waals surface area contributed by atoms with Crippen LogP contribution in [-0.4, -0.2) is 42.0 Å². The number of nitrogens with two attached hydrogens (primary N) is 1. The molecule has 0 saturated carbocycles. The fourth-order valence-corrected chi connectivity index (χ4v) is 1.67. The van der Waals surface area contributed by atoms with Gasteiger partial charge < -0.3 is 20.9 Å². The highest BCUT2D eigenvalue weighted by Crippen LogP contribution is 2.15. The molecule has 0 aliphatic rings. The van der Waals surface area contributed by atoms with E-state index >= 15 is 0 Å². The Labute approximate surface area is 124 Å². The highest BCUT2D eigenvalue weighted by atomic mass is 19.4. The molecule has 4 N–H and O–H groups in total. The van der Waals surface area contributed by atoms with Crippen LogP contribution >= 0.6 is 0 Å². The van der Waals surface area contributed by atoms with Crippen LogP contribution in [0, 0.1) is 0 Å². The number of alkyl halides is 3. The van der Waals surface area contributed by atoms with Crippen molar-refractivity contribution >= 4 is 12.0 Å². The number of rotatable bonds is 6. The average molecular weight is 320 g/mol. The van der Waals surface area contributed by atoms with E-state index in [1.54, 1.807) is 35.6 Å². The summed E-state index contributed by atoms with van der Waals surface area (Å²) in [6.45, 7) is -0.675. The van der Waals surface area contributed by atoms with Crippen molar-refractivity contribution in [2.45, 2.75) is 24.7 Å². The molecule has 0 aliphatic carbocycles. The molecule has 0 saturated heterocycles. The van der Waals surface area contributed by atoms with Gasteiger partial charge in [-0.3, -0.25) is 4.79 Å². The van der Waals surface area contributed by atoms with Crippen LogP contribution in [0.2, 0.25) is 0 Å². The molecule has 2 unspecified atom stereocenters. The number of hydrogen-bond donors (Lipinski definition) is 3. The molecule has 1 aromatic carbocycles. The molecule has 0 aliphatic heterocycles. The topological polar surface area (TPSA) is 102 Å². The molecule has 1 aromatic rings. The molecule has 2 atom stereocenters. The Balaban J connectivity index is 2.75. The first-order valence-electron chi connectivity index (χ1n) is 6.22. The van der Waals surface area contributed by atoms with Gasteiger partial charge in [-0.1, -0.05) is 30.3 Å². The summed E-state index contributed by atoms with van der Waals surface area (Å²) in [4.78, 5) is 21.5. The second-order valence-corrected chi connectivity index (χ2v) is 4.46. The van der Waals surface area contributed by atoms with Gasteiger partial charge in [0, 0.05) is 6.42 Å². The molecular formula is C13H15F3N2O4. The third-order valence-corrected chi connectivity index (χ3v) is 2.73. The number of aliphatic hydroxyl groups is 1. The summed E-state index contributed by atoms with van der Waals surface area (Å²) in [6, 6.07) is 6.97. The molecule has 0 radical (unpaired) electrons. The van der Waals surface area contributed by atoms with E-state index in [4.69, 9.17) is 5.73 Å². The Morgan fingerprint density at radius 1 is 1.27 bits per heavy atom. The van der Waals surface area contributed by atoms with Crippen LogP contribution in [0.15, 0.2) is 30.3 Å². The minimum Gasteiger partial charge on any atom is -0.447 e. The third kappa shape index (κ3) is 6.00. The molecular weight excluding hydrogens is 305 g/mol. The van der Waals surface area contributed by atoms with Crippen LogP contribution in [0.4, 0.5) is 18.0 Å². The summed E-state index contributed by atoms with van der Waals surface area (Å²) in [7, 11) is 0. The Morgan fingerprint density at radius 3 is 2.36 bits per heavy atom. The number of primary amides is 1. The van der Waals surface area contributed by atoms with Crippen LogP contribution < -0.4 is 11.1 Å². The van der Waals surface area contributed by atoms with Crippen molar-refractivity contribution in [2.24, 2.45) is 5.73 Å². The summed E-state index contributed by atoms with van der Waals surface area (Å²) in [5.41, 5.74) is 5.37. The van der Waals surface area contributed by atoms with Gasteiger partial charge in [0.2, 0.25) is 0 Å². The molecule has 9 heteroatoms. The fourth-order valence-electron chi connectivity index (χ4n) is 1.67. The Morgan fingerprint density at radius 2 is 1.86 bits per heavy atom. The van der Waals surface area contributed by atoms with Gasteiger partial charge in [0.1, 0.15) is 6.61 Å². The third-order valence-electron chi connectivity index (χ3n) is 2.73. The highest BCUT2D eigenvalue weighted by Gasteiger charge is 2.40. The van der Waals surface area contributed by atoms with Gasteiger partial charge in [0.05, 0.1) is 12.1 Å². The predicted molar refractivity (Wildman–Crippen MR) is 69.7 cm³/mol. The minimum atomic E-state index is -5.11. The van der Waals surface area contributed by atoms with Gasteiger partial charge in [-0.25, -0.2) is 4.79 Å². The maximum atomic E-state index is 12.3. The van der Waals surface area contributed by atoms with Crippen molar-refractivity contribution in [2.75, 3.05) is 6.61 Å². The minimum absolute atomic E-state index is 0.0359. The first-order valence-corrected chi connectivity index (χ1v) is 6.22. The monoisotopic (exact) mass is 320 g/mol. The first-order chi connectivity index (χ1) is 10.2. The van der Waals surface area contributed by atoms with E-state index in [-0.39, 0.29) is 6.42 Å². The van der Waals surface area contributed by atoms with Gasteiger partial charge in [-0.15, -0.1) is 0 Å². The molecule has 22 heavy (non-hydrogen) atoms. The van der Waals surface area contributed by atoms with Crippen LogP contribution in [0.25, 0.3) is 0 Å². The fraction of sp³-hybridized carbons (Fsp3) is 0.385. The van der Waals surface area contributed by atoms with Gasteiger partial charge in [0.25, 0.3) is 0 Å². The summed E-state index contributed by atoms with van der Waals surface area (Å²) in [6.07, 6.45) is -7.77. The molecule has 0 spiro atoms. The second kappa shape index (κ2) is 7.64. The van der Waals surface area contributed by atoms with E-state index in [0.29, 0.717) is 5.56 Å². The van der Waals surface area contributed by atoms with Crippen molar-refractivity contribution < 1.29 is 32.6 Å². The Kier molecular flexibility index (Phi) is 6.17. The van der Waals surface area contributed by atoms with Crippen LogP contribution in [0.5, 0.6) is 0 Å². The standard InChI is InChI=1S/C13H15F3N2O4/c14-13(15,16)11(20)18-9(7-22-12(17)21)10(19)6-8-4-2-1-3-5-8/h1-5,9-10,19H,6-7H2,(H2,17,21)(H,18,20).